The van der Waals surface area contributed by atoms with Gasteiger partial charge in [-0.15, -0.1) is 0 Å². The zero-order valence-corrected chi connectivity index (χ0v) is 13.1. The van der Waals surface area contributed by atoms with Crippen LogP contribution in [0.1, 0.15) is 19.4 Å². The third-order valence-corrected chi connectivity index (χ3v) is 3.12. The third kappa shape index (κ3) is 4.81. The van der Waals surface area contributed by atoms with Crippen molar-refractivity contribution in [3.05, 3.63) is 35.9 Å². The van der Waals surface area contributed by atoms with Gasteiger partial charge in [-0.25, -0.2) is 4.79 Å². The number of ether oxygens (including phenoxy) is 3. The molecule has 0 radical (unpaired) electrons. The average molecular weight is 295 g/mol. The molecule has 0 spiro atoms. The highest BCUT2D eigenvalue weighted by atomic mass is 16.5. The van der Waals surface area contributed by atoms with E-state index in [1.807, 2.05) is 37.3 Å². The van der Waals surface area contributed by atoms with Crippen molar-refractivity contribution in [1.82, 2.24) is 5.32 Å². The molecule has 118 valence electrons. The fourth-order valence-corrected chi connectivity index (χ4v) is 2.13. The lowest BCUT2D eigenvalue weighted by Gasteiger charge is -2.32. The molecular formula is C16H25NO4. The second kappa shape index (κ2) is 9.50. The SMILES string of the molecule is CCNC(COCCOC)(C(=O)OCC)c1ccccc1. The Hall–Kier alpha value is -1.43. The summed E-state index contributed by atoms with van der Waals surface area (Å²) in [5, 5.41) is 3.23. The zero-order valence-electron chi connectivity index (χ0n) is 13.1. The highest BCUT2D eigenvalue weighted by Crippen LogP contribution is 2.24. The summed E-state index contributed by atoms with van der Waals surface area (Å²) in [5.74, 6) is -0.324. The molecule has 0 fully saturated rings. The smallest absolute Gasteiger partial charge is 0.333 e. The molecule has 0 saturated heterocycles. The van der Waals surface area contributed by atoms with Crippen molar-refractivity contribution >= 4 is 5.97 Å². The minimum absolute atomic E-state index is 0.201. The van der Waals surface area contributed by atoms with Crippen LogP contribution >= 0.6 is 0 Å². The van der Waals surface area contributed by atoms with E-state index in [1.54, 1.807) is 14.0 Å². The van der Waals surface area contributed by atoms with Crippen LogP contribution in [0.5, 0.6) is 0 Å². The quantitative estimate of drug-likeness (QED) is 0.526. The number of hydrogen-bond donors (Lipinski definition) is 1. The summed E-state index contributed by atoms with van der Waals surface area (Å²) < 4.78 is 15.9. The molecule has 0 aliphatic carbocycles. The molecule has 1 aromatic carbocycles. The van der Waals surface area contributed by atoms with Crippen LogP contribution in [0.4, 0.5) is 0 Å². The van der Waals surface area contributed by atoms with Crippen molar-refractivity contribution in [2.24, 2.45) is 0 Å². The van der Waals surface area contributed by atoms with E-state index in [1.165, 1.54) is 0 Å². The molecule has 0 aliphatic heterocycles. The first-order chi connectivity index (χ1) is 10.2. The maximum Gasteiger partial charge on any atom is 0.333 e. The maximum absolute atomic E-state index is 12.5. The van der Waals surface area contributed by atoms with Gasteiger partial charge in [0.15, 0.2) is 5.54 Å². The molecule has 0 heterocycles. The molecule has 0 aliphatic rings. The Labute approximate surface area is 126 Å². The number of methoxy groups -OCH3 is 1. The van der Waals surface area contributed by atoms with Gasteiger partial charge in [0.05, 0.1) is 26.4 Å². The van der Waals surface area contributed by atoms with E-state index >= 15 is 0 Å². The van der Waals surface area contributed by atoms with Gasteiger partial charge < -0.3 is 14.2 Å². The number of nitrogens with one attached hydrogen (secondary N) is 1. The minimum atomic E-state index is -0.986. The molecule has 0 saturated carbocycles. The largest absolute Gasteiger partial charge is 0.464 e. The molecule has 5 nitrogen and oxygen atoms in total. The second-order valence-corrected chi connectivity index (χ2v) is 4.57. The minimum Gasteiger partial charge on any atom is -0.464 e. The number of hydrogen-bond acceptors (Lipinski definition) is 5. The summed E-state index contributed by atoms with van der Waals surface area (Å²) in [6, 6.07) is 9.52. The first kappa shape index (κ1) is 17.6. The van der Waals surface area contributed by atoms with Crippen LogP contribution in [0.25, 0.3) is 0 Å². The van der Waals surface area contributed by atoms with Gasteiger partial charge in [-0.3, -0.25) is 5.32 Å². The van der Waals surface area contributed by atoms with Gasteiger partial charge in [-0.05, 0) is 19.0 Å². The van der Waals surface area contributed by atoms with Crippen LogP contribution in [0.3, 0.4) is 0 Å². The molecule has 0 aromatic heterocycles. The monoisotopic (exact) mass is 295 g/mol. The van der Waals surface area contributed by atoms with E-state index in [0.29, 0.717) is 26.4 Å². The van der Waals surface area contributed by atoms with Crippen LogP contribution in [0, 0.1) is 0 Å². The fraction of sp³-hybridized carbons (Fsp3) is 0.562. The first-order valence-electron chi connectivity index (χ1n) is 7.25. The summed E-state index contributed by atoms with van der Waals surface area (Å²) in [6.07, 6.45) is 0. The van der Waals surface area contributed by atoms with Crippen molar-refractivity contribution in [3.63, 3.8) is 0 Å². The Morgan fingerprint density at radius 3 is 2.48 bits per heavy atom. The van der Waals surface area contributed by atoms with E-state index in [2.05, 4.69) is 5.32 Å². The molecule has 1 rings (SSSR count). The van der Waals surface area contributed by atoms with E-state index in [9.17, 15) is 4.79 Å². The topological polar surface area (TPSA) is 56.8 Å². The van der Waals surface area contributed by atoms with Gasteiger partial charge >= 0.3 is 5.97 Å². The lowest BCUT2D eigenvalue weighted by atomic mass is 9.90. The maximum atomic E-state index is 12.5. The molecule has 0 bridgehead atoms. The number of benzene rings is 1. The van der Waals surface area contributed by atoms with Gasteiger partial charge in [0.25, 0.3) is 0 Å². The summed E-state index contributed by atoms with van der Waals surface area (Å²) in [4.78, 5) is 12.5. The third-order valence-electron chi connectivity index (χ3n) is 3.12. The van der Waals surface area contributed by atoms with Crippen LogP contribution in [-0.2, 0) is 24.5 Å². The lowest BCUT2D eigenvalue weighted by molar-refractivity contribution is -0.155. The molecule has 1 unspecified atom stereocenters. The Morgan fingerprint density at radius 2 is 1.90 bits per heavy atom. The number of rotatable bonds is 10. The van der Waals surface area contributed by atoms with Crippen molar-refractivity contribution < 1.29 is 19.0 Å². The van der Waals surface area contributed by atoms with E-state index in [4.69, 9.17) is 14.2 Å². The lowest BCUT2D eigenvalue weighted by Crippen LogP contribution is -2.53. The van der Waals surface area contributed by atoms with Gasteiger partial charge in [-0.1, -0.05) is 37.3 Å². The molecular weight excluding hydrogens is 270 g/mol. The summed E-state index contributed by atoms with van der Waals surface area (Å²) in [5.41, 5.74) is -0.150. The molecule has 1 N–H and O–H groups in total. The Kier molecular flexibility index (Phi) is 7.97. The summed E-state index contributed by atoms with van der Waals surface area (Å²) in [6.45, 7) is 5.82. The van der Waals surface area contributed by atoms with Gasteiger partial charge in [-0.2, -0.15) is 0 Å². The van der Waals surface area contributed by atoms with Crippen LogP contribution < -0.4 is 5.32 Å². The fourth-order valence-electron chi connectivity index (χ4n) is 2.13. The normalized spacial score (nSPS) is 13.7. The number of esters is 1. The molecule has 1 atom stereocenters. The Morgan fingerprint density at radius 1 is 1.19 bits per heavy atom. The van der Waals surface area contributed by atoms with Gasteiger partial charge in [0.1, 0.15) is 0 Å². The van der Waals surface area contributed by atoms with Gasteiger partial charge in [0.2, 0.25) is 0 Å². The summed E-state index contributed by atoms with van der Waals surface area (Å²) >= 11 is 0. The predicted molar refractivity (Wildman–Crippen MR) is 81.1 cm³/mol. The highest BCUT2D eigenvalue weighted by Gasteiger charge is 2.41. The molecule has 0 amide bonds. The van der Waals surface area contributed by atoms with Crippen molar-refractivity contribution in [2.45, 2.75) is 19.4 Å². The average Bonchev–Trinajstić information content (AvgIpc) is 2.51. The second-order valence-electron chi connectivity index (χ2n) is 4.57. The van der Waals surface area contributed by atoms with Crippen molar-refractivity contribution in [2.75, 3.05) is 40.1 Å². The van der Waals surface area contributed by atoms with E-state index < -0.39 is 5.54 Å². The van der Waals surface area contributed by atoms with Crippen LogP contribution in [0.2, 0.25) is 0 Å². The molecule has 21 heavy (non-hydrogen) atoms. The number of carbonyl (C=O) groups excluding carboxylic acids is 1. The van der Waals surface area contributed by atoms with Crippen molar-refractivity contribution in [3.8, 4) is 0 Å². The first-order valence-corrected chi connectivity index (χ1v) is 7.25. The Bertz CT molecular complexity index is 410. The highest BCUT2D eigenvalue weighted by molar-refractivity contribution is 5.83. The molecule has 5 heteroatoms. The predicted octanol–water partition coefficient (Wildman–Crippen LogP) is 1.72. The zero-order chi connectivity index (χ0) is 15.6. The van der Waals surface area contributed by atoms with E-state index in [-0.39, 0.29) is 12.6 Å². The molecule has 1 aromatic rings. The standard InChI is InChI=1S/C16H25NO4/c1-4-17-16(15(18)21-5-2,13-20-12-11-19-3)14-9-7-6-8-10-14/h6-10,17H,4-5,11-13H2,1-3H3. The Balaban J connectivity index is 3.01. The number of likely N-dealkylation sites (N-methyl/N-ethyl adjacent to an activating group) is 1. The number of carbonyl (C=O) groups is 1. The van der Waals surface area contributed by atoms with Crippen LogP contribution in [0.15, 0.2) is 30.3 Å². The van der Waals surface area contributed by atoms with Crippen molar-refractivity contribution in [1.29, 1.82) is 0 Å². The van der Waals surface area contributed by atoms with Crippen LogP contribution in [-0.4, -0.2) is 46.1 Å². The van der Waals surface area contributed by atoms with E-state index in [0.717, 1.165) is 5.56 Å². The summed E-state index contributed by atoms with van der Waals surface area (Å²) in [7, 11) is 1.61. The van der Waals surface area contributed by atoms with Gasteiger partial charge in [0, 0.05) is 7.11 Å².